The van der Waals surface area contributed by atoms with Crippen LogP contribution in [0.2, 0.25) is 0 Å². The van der Waals surface area contributed by atoms with Gasteiger partial charge in [0.2, 0.25) is 10.0 Å². The maximum atomic E-state index is 12.5. The third-order valence-corrected chi connectivity index (χ3v) is 7.17. The van der Waals surface area contributed by atoms with Crippen LogP contribution in [0, 0.1) is 6.92 Å². The van der Waals surface area contributed by atoms with Crippen molar-refractivity contribution in [2.75, 3.05) is 29.9 Å². The van der Waals surface area contributed by atoms with Gasteiger partial charge in [0.05, 0.1) is 9.77 Å². The van der Waals surface area contributed by atoms with Crippen molar-refractivity contribution in [3.63, 3.8) is 0 Å². The van der Waals surface area contributed by atoms with Crippen molar-refractivity contribution in [3.05, 3.63) is 28.2 Å². The van der Waals surface area contributed by atoms with Crippen LogP contribution in [0.4, 0.5) is 5.82 Å². The van der Waals surface area contributed by atoms with E-state index in [4.69, 9.17) is 4.52 Å². The summed E-state index contributed by atoms with van der Waals surface area (Å²) in [6.07, 6.45) is 0. The molecule has 23 heavy (non-hydrogen) atoms. The molecule has 0 saturated carbocycles. The van der Waals surface area contributed by atoms with Crippen molar-refractivity contribution in [1.82, 2.24) is 9.46 Å². The normalized spacial score (nSPS) is 16.4. The lowest BCUT2D eigenvalue weighted by Gasteiger charge is -2.24. The highest BCUT2D eigenvalue weighted by Gasteiger charge is 2.28. The van der Waals surface area contributed by atoms with Crippen LogP contribution in [0.1, 0.15) is 15.4 Å². The van der Waals surface area contributed by atoms with Gasteiger partial charge in [-0.2, -0.15) is 16.1 Å². The molecule has 0 bridgehead atoms. The summed E-state index contributed by atoms with van der Waals surface area (Å²) in [5, 5.41) is 7.76. The Balaban J connectivity index is 1.75. The molecule has 0 unspecified atom stereocenters. The van der Waals surface area contributed by atoms with Crippen LogP contribution in [-0.2, 0) is 10.0 Å². The molecule has 1 N–H and O–H groups in total. The first-order valence-electron chi connectivity index (χ1n) is 6.88. The second kappa shape index (κ2) is 6.63. The van der Waals surface area contributed by atoms with Gasteiger partial charge in [-0.25, -0.2) is 8.42 Å². The number of rotatable bonds is 4. The van der Waals surface area contributed by atoms with E-state index in [9.17, 15) is 13.2 Å². The number of hydrogen-bond donors (Lipinski definition) is 1. The SMILES string of the molecule is Cc1cc(NC(=O)c2cc(S(=O)(=O)N3CCSCC3)cs2)no1. The molecule has 1 fully saturated rings. The molecule has 0 spiro atoms. The second-order valence-electron chi connectivity index (χ2n) is 4.94. The number of nitrogens with zero attached hydrogens (tertiary/aromatic N) is 2. The van der Waals surface area contributed by atoms with Gasteiger partial charge < -0.3 is 9.84 Å². The number of amides is 1. The van der Waals surface area contributed by atoms with Crippen LogP contribution in [0.3, 0.4) is 0 Å². The molecule has 1 aliphatic heterocycles. The van der Waals surface area contributed by atoms with Crippen molar-refractivity contribution in [3.8, 4) is 0 Å². The Hall–Kier alpha value is -1.36. The first-order chi connectivity index (χ1) is 11.0. The molecular formula is C13H15N3O4S3. The minimum atomic E-state index is -3.53. The third-order valence-electron chi connectivity index (χ3n) is 3.28. The van der Waals surface area contributed by atoms with Gasteiger partial charge in [0.15, 0.2) is 5.82 Å². The number of anilines is 1. The summed E-state index contributed by atoms with van der Waals surface area (Å²) in [4.78, 5) is 12.6. The number of nitrogens with one attached hydrogen (secondary N) is 1. The fourth-order valence-electron chi connectivity index (χ4n) is 2.11. The van der Waals surface area contributed by atoms with E-state index >= 15 is 0 Å². The molecule has 2 aromatic heterocycles. The molecule has 1 saturated heterocycles. The lowest BCUT2D eigenvalue weighted by molar-refractivity contribution is 0.102. The van der Waals surface area contributed by atoms with Gasteiger partial charge >= 0.3 is 0 Å². The monoisotopic (exact) mass is 373 g/mol. The predicted octanol–water partition coefficient (Wildman–Crippen LogP) is 2.03. The van der Waals surface area contributed by atoms with Crippen molar-refractivity contribution in [1.29, 1.82) is 0 Å². The summed E-state index contributed by atoms with van der Waals surface area (Å²) in [6, 6.07) is 3.00. The van der Waals surface area contributed by atoms with Crippen molar-refractivity contribution < 1.29 is 17.7 Å². The largest absolute Gasteiger partial charge is 0.360 e. The minimum absolute atomic E-state index is 0.163. The van der Waals surface area contributed by atoms with Gasteiger partial charge in [-0.05, 0) is 13.0 Å². The number of hydrogen-bond acceptors (Lipinski definition) is 7. The van der Waals surface area contributed by atoms with Crippen LogP contribution < -0.4 is 5.32 Å². The van der Waals surface area contributed by atoms with E-state index in [0.29, 0.717) is 29.5 Å². The van der Waals surface area contributed by atoms with Gasteiger partial charge in [-0.1, -0.05) is 5.16 Å². The lowest BCUT2D eigenvalue weighted by Crippen LogP contribution is -2.37. The lowest BCUT2D eigenvalue weighted by atomic mass is 10.4. The highest BCUT2D eigenvalue weighted by Crippen LogP contribution is 2.25. The van der Waals surface area contributed by atoms with E-state index in [1.165, 1.54) is 15.8 Å². The molecule has 1 aliphatic rings. The molecule has 0 radical (unpaired) electrons. The van der Waals surface area contributed by atoms with Crippen LogP contribution in [-0.4, -0.2) is 48.4 Å². The maximum absolute atomic E-state index is 12.5. The van der Waals surface area contributed by atoms with Crippen molar-refractivity contribution >= 4 is 44.8 Å². The summed E-state index contributed by atoms with van der Waals surface area (Å²) in [7, 11) is -3.53. The third kappa shape index (κ3) is 3.60. The topological polar surface area (TPSA) is 92.5 Å². The molecule has 3 rings (SSSR count). The average Bonchev–Trinajstić information content (AvgIpc) is 3.18. The second-order valence-corrected chi connectivity index (χ2v) is 9.01. The summed E-state index contributed by atoms with van der Waals surface area (Å²) in [5.74, 6) is 2.07. The number of aryl methyl sites for hydroxylation is 1. The van der Waals surface area contributed by atoms with Gasteiger partial charge in [0.25, 0.3) is 5.91 Å². The molecule has 3 heterocycles. The Morgan fingerprint density at radius 1 is 1.35 bits per heavy atom. The summed E-state index contributed by atoms with van der Waals surface area (Å²) in [6.45, 7) is 2.72. The quantitative estimate of drug-likeness (QED) is 0.882. The Labute approximate surface area is 142 Å². The van der Waals surface area contributed by atoms with Gasteiger partial charge in [0.1, 0.15) is 5.76 Å². The molecule has 1 amide bonds. The number of thioether (sulfide) groups is 1. The zero-order chi connectivity index (χ0) is 16.4. The highest BCUT2D eigenvalue weighted by molar-refractivity contribution is 7.99. The average molecular weight is 373 g/mol. The number of carbonyl (C=O) groups excluding carboxylic acids is 1. The highest BCUT2D eigenvalue weighted by atomic mass is 32.2. The number of carbonyl (C=O) groups is 1. The van der Waals surface area contributed by atoms with Crippen LogP contribution >= 0.6 is 23.1 Å². The molecular weight excluding hydrogens is 358 g/mol. The fourth-order valence-corrected chi connectivity index (χ4v) is 5.84. The Morgan fingerprint density at radius 2 is 2.09 bits per heavy atom. The summed E-state index contributed by atoms with van der Waals surface area (Å²) in [5.41, 5.74) is 0. The van der Waals surface area contributed by atoms with Gasteiger partial charge in [0, 0.05) is 36.0 Å². The number of aromatic nitrogens is 1. The van der Waals surface area contributed by atoms with Crippen molar-refractivity contribution in [2.24, 2.45) is 0 Å². The molecule has 10 heteroatoms. The van der Waals surface area contributed by atoms with Crippen LogP contribution in [0.25, 0.3) is 0 Å². The fraction of sp³-hybridized carbons (Fsp3) is 0.385. The molecule has 0 atom stereocenters. The molecule has 0 aliphatic carbocycles. The molecule has 2 aromatic rings. The molecule has 0 aromatic carbocycles. The first kappa shape index (κ1) is 16.5. The van der Waals surface area contributed by atoms with E-state index in [0.717, 1.165) is 22.8 Å². The predicted molar refractivity (Wildman–Crippen MR) is 89.6 cm³/mol. The van der Waals surface area contributed by atoms with E-state index < -0.39 is 15.9 Å². The Bertz CT molecular complexity index is 806. The summed E-state index contributed by atoms with van der Waals surface area (Å²) >= 11 is 2.83. The molecule has 7 nitrogen and oxygen atoms in total. The molecule has 124 valence electrons. The Kier molecular flexibility index (Phi) is 4.76. The van der Waals surface area contributed by atoms with Crippen LogP contribution in [0.5, 0.6) is 0 Å². The van der Waals surface area contributed by atoms with Gasteiger partial charge in [-0.3, -0.25) is 4.79 Å². The standard InChI is InChI=1S/C13H15N3O4S3/c1-9-6-12(15-20-9)14-13(17)11-7-10(8-22-11)23(18,19)16-2-4-21-5-3-16/h6-8H,2-5H2,1H3,(H,14,15,17). The number of sulfonamides is 1. The van der Waals surface area contributed by atoms with Crippen LogP contribution in [0.15, 0.2) is 26.9 Å². The minimum Gasteiger partial charge on any atom is -0.360 e. The van der Waals surface area contributed by atoms with E-state index in [2.05, 4.69) is 10.5 Å². The number of thiophene rings is 1. The van der Waals surface area contributed by atoms with E-state index in [-0.39, 0.29) is 4.90 Å². The van der Waals surface area contributed by atoms with Crippen molar-refractivity contribution in [2.45, 2.75) is 11.8 Å². The smallest absolute Gasteiger partial charge is 0.267 e. The van der Waals surface area contributed by atoms with E-state index in [1.54, 1.807) is 24.8 Å². The zero-order valence-corrected chi connectivity index (χ0v) is 14.8. The zero-order valence-electron chi connectivity index (χ0n) is 12.3. The summed E-state index contributed by atoms with van der Waals surface area (Å²) < 4.78 is 31.4. The Morgan fingerprint density at radius 3 is 2.74 bits per heavy atom. The van der Waals surface area contributed by atoms with E-state index in [1.807, 2.05) is 0 Å². The first-order valence-corrected chi connectivity index (χ1v) is 10.4. The van der Waals surface area contributed by atoms with Gasteiger partial charge in [-0.15, -0.1) is 11.3 Å². The maximum Gasteiger partial charge on any atom is 0.267 e.